The summed E-state index contributed by atoms with van der Waals surface area (Å²) in [5, 5.41) is 3.24. The van der Waals surface area contributed by atoms with Crippen molar-refractivity contribution in [3.8, 4) is 0 Å². The van der Waals surface area contributed by atoms with Gasteiger partial charge in [-0.1, -0.05) is 43.3 Å². The van der Waals surface area contributed by atoms with Gasteiger partial charge in [0.15, 0.2) is 5.54 Å². The van der Waals surface area contributed by atoms with Gasteiger partial charge in [-0.05, 0) is 31.9 Å². The Bertz CT molecular complexity index is 620. The van der Waals surface area contributed by atoms with E-state index in [1.165, 1.54) is 12.8 Å². The summed E-state index contributed by atoms with van der Waals surface area (Å²) in [5.41, 5.74) is 0.382. The highest BCUT2D eigenvalue weighted by molar-refractivity contribution is 7.81. The molecule has 1 saturated carbocycles. The highest BCUT2D eigenvalue weighted by Gasteiger charge is 2.58. The van der Waals surface area contributed by atoms with Gasteiger partial charge in [0.2, 0.25) is 5.91 Å². The molecule has 2 aliphatic heterocycles. The molecule has 116 valence electrons. The number of anilines is 1. The molecule has 1 amide bonds. The van der Waals surface area contributed by atoms with Crippen LogP contribution in [-0.2, 0) is 4.79 Å². The van der Waals surface area contributed by atoms with Crippen LogP contribution >= 0.6 is 12.2 Å². The number of nitrogens with one attached hydrogen (secondary N) is 1. The van der Waals surface area contributed by atoms with E-state index in [-0.39, 0.29) is 11.9 Å². The summed E-state index contributed by atoms with van der Waals surface area (Å²) in [6, 6.07) is 10.8. The highest BCUT2D eigenvalue weighted by Crippen LogP contribution is 2.40. The van der Waals surface area contributed by atoms with Crippen LogP contribution < -0.4 is 10.2 Å². The average Bonchev–Trinajstić information content (AvgIpc) is 2.83. The van der Waals surface area contributed by atoms with E-state index in [1.807, 2.05) is 25.1 Å². The van der Waals surface area contributed by atoms with Crippen LogP contribution in [0.5, 0.6) is 0 Å². The van der Waals surface area contributed by atoms with Gasteiger partial charge in [0.05, 0.1) is 6.67 Å². The van der Waals surface area contributed by atoms with Gasteiger partial charge in [0, 0.05) is 17.8 Å². The maximum atomic E-state index is 12.8. The predicted octanol–water partition coefficient (Wildman–Crippen LogP) is 2.29. The third-order valence-electron chi connectivity index (χ3n) is 5.49. The van der Waals surface area contributed by atoms with Crippen LogP contribution in [0.1, 0.15) is 32.6 Å². The van der Waals surface area contributed by atoms with Crippen molar-refractivity contribution in [2.24, 2.45) is 0 Å². The average molecular weight is 315 g/mol. The fraction of sp³-hybridized carbons (Fsp3) is 0.529. The molecule has 4 rings (SSSR count). The van der Waals surface area contributed by atoms with E-state index in [9.17, 15) is 4.79 Å². The van der Waals surface area contributed by atoms with Gasteiger partial charge in [-0.3, -0.25) is 9.69 Å². The first-order chi connectivity index (χ1) is 10.6. The van der Waals surface area contributed by atoms with E-state index >= 15 is 0 Å². The fourth-order valence-electron chi connectivity index (χ4n) is 4.18. The minimum Gasteiger partial charge on any atom is -0.350 e. The van der Waals surface area contributed by atoms with Gasteiger partial charge in [0.1, 0.15) is 4.99 Å². The van der Waals surface area contributed by atoms with Crippen molar-refractivity contribution in [2.75, 3.05) is 11.6 Å². The summed E-state index contributed by atoms with van der Waals surface area (Å²) in [5.74, 6) is 0.0686. The van der Waals surface area contributed by atoms with Gasteiger partial charge < -0.3 is 10.2 Å². The second-order valence-corrected chi connectivity index (χ2v) is 7.07. The van der Waals surface area contributed by atoms with Crippen LogP contribution in [-0.4, -0.2) is 40.1 Å². The Labute approximate surface area is 136 Å². The number of hydrogen-bond donors (Lipinski definition) is 1. The zero-order valence-electron chi connectivity index (χ0n) is 12.8. The number of rotatable bonds is 1. The predicted molar refractivity (Wildman–Crippen MR) is 90.8 cm³/mol. The van der Waals surface area contributed by atoms with E-state index < -0.39 is 5.54 Å². The molecule has 1 unspecified atom stereocenters. The smallest absolute Gasteiger partial charge is 0.247 e. The number of nitrogens with zero attached hydrogens (tertiary/aromatic N) is 2. The van der Waals surface area contributed by atoms with Crippen molar-refractivity contribution >= 4 is 28.8 Å². The van der Waals surface area contributed by atoms with Crippen LogP contribution in [0.25, 0.3) is 0 Å². The molecule has 2 saturated heterocycles. The number of benzene rings is 1. The third kappa shape index (κ3) is 1.85. The van der Waals surface area contributed by atoms with E-state index in [0.717, 1.165) is 23.5 Å². The molecule has 1 aromatic rings. The third-order valence-corrected chi connectivity index (χ3v) is 6.10. The molecular formula is C17H21N3OS. The molecule has 1 N–H and O–H groups in total. The number of para-hydroxylation sites is 1. The molecule has 1 aliphatic carbocycles. The minimum absolute atomic E-state index is 0.0686. The standard InChI is InChI=1S/C17H21N3OS/c1-17-15(21)18-13-9-5-6-10-14(13)20(17)11-19(16(17)22)12-7-3-2-4-8-12/h2-4,7-8,13-14H,5-6,9-11H2,1H3,(H,18,21)/t13-,14-,17?/m1/s1. The summed E-state index contributed by atoms with van der Waals surface area (Å²) in [4.78, 5) is 18.0. The fourth-order valence-corrected chi connectivity index (χ4v) is 4.55. The van der Waals surface area contributed by atoms with E-state index in [0.29, 0.717) is 12.7 Å². The molecule has 2 heterocycles. The van der Waals surface area contributed by atoms with Gasteiger partial charge >= 0.3 is 0 Å². The number of thiocarbonyl (C=S) groups is 1. The zero-order chi connectivity index (χ0) is 15.3. The molecule has 5 heteroatoms. The molecule has 22 heavy (non-hydrogen) atoms. The first-order valence-electron chi connectivity index (χ1n) is 8.07. The van der Waals surface area contributed by atoms with Crippen LogP contribution in [0.4, 0.5) is 5.69 Å². The second kappa shape index (κ2) is 5.03. The van der Waals surface area contributed by atoms with Gasteiger partial charge in [-0.2, -0.15) is 0 Å². The van der Waals surface area contributed by atoms with Crippen molar-refractivity contribution in [2.45, 2.75) is 50.2 Å². The Balaban J connectivity index is 1.73. The van der Waals surface area contributed by atoms with Crippen LogP contribution in [0.3, 0.4) is 0 Å². The first-order valence-corrected chi connectivity index (χ1v) is 8.48. The number of amides is 1. The van der Waals surface area contributed by atoms with Crippen LogP contribution in [0, 0.1) is 0 Å². The van der Waals surface area contributed by atoms with Crippen LogP contribution in [0.15, 0.2) is 30.3 Å². The Morgan fingerprint density at radius 3 is 2.73 bits per heavy atom. The lowest BCUT2D eigenvalue weighted by atomic mass is 9.82. The van der Waals surface area contributed by atoms with Crippen molar-refractivity contribution in [3.05, 3.63) is 30.3 Å². The van der Waals surface area contributed by atoms with E-state index in [4.69, 9.17) is 12.2 Å². The summed E-state index contributed by atoms with van der Waals surface area (Å²) < 4.78 is 0. The number of fused-ring (bicyclic) bond motifs is 3. The zero-order valence-corrected chi connectivity index (χ0v) is 13.6. The number of piperazine rings is 1. The molecule has 1 aromatic carbocycles. The molecule has 0 aromatic heterocycles. The molecule has 3 aliphatic rings. The lowest BCUT2D eigenvalue weighted by Gasteiger charge is -2.48. The number of hydrogen-bond acceptors (Lipinski definition) is 3. The minimum atomic E-state index is -0.691. The summed E-state index contributed by atoms with van der Waals surface area (Å²) in [6.45, 7) is 2.70. The topological polar surface area (TPSA) is 35.6 Å². The van der Waals surface area contributed by atoms with Crippen molar-refractivity contribution in [1.29, 1.82) is 0 Å². The molecule has 0 spiro atoms. The largest absolute Gasteiger partial charge is 0.350 e. The summed E-state index contributed by atoms with van der Waals surface area (Å²) in [7, 11) is 0. The summed E-state index contributed by atoms with van der Waals surface area (Å²) >= 11 is 5.73. The van der Waals surface area contributed by atoms with Gasteiger partial charge in [-0.15, -0.1) is 0 Å². The quantitative estimate of drug-likeness (QED) is 0.807. The maximum absolute atomic E-state index is 12.8. The Morgan fingerprint density at radius 1 is 1.23 bits per heavy atom. The lowest BCUT2D eigenvalue weighted by molar-refractivity contribution is -0.136. The molecule has 3 atom stereocenters. The van der Waals surface area contributed by atoms with Crippen molar-refractivity contribution in [1.82, 2.24) is 10.2 Å². The van der Waals surface area contributed by atoms with Crippen molar-refractivity contribution < 1.29 is 4.79 Å². The van der Waals surface area contributed by atoms with Gasteiger partial charge in [-0.25, -0.2) is 0 Å². The normalized spacial score (nSPS) is 35.0. The maximum Gasteiger partial charge on any atom is 0.247 e. The number of carbonyl (C=O) groups excluding carboxylic acids is 1. The second-order valence-electron chi connectivity index (χ2n) is 6.68. The first kappa shape index (κ1) is 14.2. The number of carbonyl (C=O) groups is 1. The van der Waals surface area contributed by atoms with E-state index in [2.05, 4.69) is 27.2 Å². The summed E-state index contributed by atoms with van der Waals surface area (Å²) in [6.07, 6.45) is 4.67. The Morgan fingerprint density at radius 2 is 1.95 bits per heavy atom. The molecular weight excluding hydrogens is 294 g/mol. The molecule has 4 nitrogen and oxygen atoms in total. The molecule has 0 bridgehead atoms. The van der Waals surface area contributed by atoms with Gasteiger partial charge in [0.25, 0.3) is 0 Å². The van der Waals surface area contributed by atoms with E-state index in [1.54, 1.807) is 0 Å². The highest BCUT2D eigenvalue weighted by atomic mass is 32.1. The lowest BCUT2D eigenvalue weighted by Crippen LogP contribution is -2.71. The van der Waals surface area contributed by atoms with Crippen molar-refractivity contribution in [3.63, 3.8) is 0 Å². The van der Waals surface area contributed by atoms with Crippen LogP contribution in [0.2, 0.25) is 0 Å². The molecule has 3 fully saturated rings. The Kier molecular flexibility index (Phi) is 3.24. The monoisotopic (exact) mass is 315 g/mol. The SMILES string of the molecule is CC12C(=O)N[C@@H]3CCCC[C@H]3N1CN(c1ccccc1)C2=S. The molecule has 0 radical (unpaired) electrons. The Hall–Kier alpha value is -1.46.